The second-order valence-corrected chi connectivity index (χ2v) is 3.23. The summed E-state index contributed by atoms with van der Waals surface area (Å²) in [6.07, 6.45) is -4.50. The molecule has 1 aromatic heterocycles. The molecule has 0 saturated heterocycles. The number of alkyl halides is 3. The van der Waals surface area contributed by atoms with Crippen molar-refractivity contribution < 1.29 is 17.6 Å². The second kappa shape index (κ2) is 3.02. The maximum absolute atomic E-state index is 12.3. The zero-order valence-corrected chi connectivity index (χ0v) is 6.55. The average Bonchev–Trinajstić information content (AvgIpc) is 2.32. The maximum atomic E-state index is 12.3. The van der Waals surface area contributed by atoms with Crippen molar-refractivity contribution in [3.8, 4) is 0 Å². The van der Waals surface area contributed by atoms with Gasteiger partial charge in [-0.1, -0.05) is 0 Å². The number of nitrogens with two attached hydrogens (primary N) is 1. The first kappa shape index (κ1) is 9.47. The molecule has 0 aromatic carbocycles. The van der Waals surface area contributed by atoms with Crippen molar-refractivity contribution in [2.75, 3.05) is 0 Å². The third kappa shape index (κ3) is 1.95. The minimum absolute atomic E-state index is 0.208. The largest absolute Gasteiger partial charge is 0.408 e. The monoisotopic (exact) mass is 199 g/mol. The molecule has 1 unspecified atom stereocenters. The predicted molar refractivity (Wildman–Crippen MR) is 37.3 cm³/mol. The highest BCUT2D eigenvalue weighted by Crippen LogP contribution is 2.33. The lowest BCUT2D eigenvalue weighted by Crippen LogP contribution is -2.27. The molecule has 68 valence electrons. The lowest BCUT2D eigenvalue weighted by atomic mass is 10.2. The number of hydrogen-bond acceptors (Lipinski definition) is 2. The fraction of sp³-hybridized carbons (Fsp3) is 0.333. The molecule has 6 heteroatoms. The summed E-state index contributed by atoms with van der Waals surface area (Å²) in [5.74, 6) is 0. The molecule has 1 rings (SSSR count). The molecule has 2 N–H and O–H groups in total. The van der Waals surface area contributed by atoms with E-state index in [-0.39, 0.29) is 4.88 Å². The van der Waals surface area contributed by atoms with Crippen molar-refractivity contribution in [3.63, 3.8) is 0 Å². The Morgan fingerprint density at radius 1 is 1.33 bits per heavy atom. The second-order valence-electron chi connectivity index (χ2n) is 2.16. The molecule has 0 amide bonds. The van der Waals surface area contributed by atoms with Gasteiger partial charge in [-0.2, -0.15) is 17.6 Å². The molecule has 12 heavy (non-hydrogen) atoms. The molecule has 1 heterocycles. The number of hydrogen-bond donors (Lipinski definition) is 1. The van der Waals surface area contributed by atoms with E-state index in [0.29, 0.717) is 11.3 Å². The summed E-state index contributed by atoms with van der Waals surface area (Å²) in [4.78, 5) is -0.208. The Hall–Kier alpha value is -0.620. The Bertz CT molecular complexity index is 267. The van der Waals surface area contributed by atoms with E-state index in [1.54, 1.807) is 0 Å². The summed E-state index contributed by atoms with van der Waals surface area (Å²) >= 11 is 0.411. The van der Waals surface area contributed by atoms with Crippen molar-refractivity contribution in [3.05, 3.63) is 22.1 Å². The third-order valence-electron chi connectivity index (χ3n) is 1.25. The summed E-state index contributed by atoms with van der Waals surface area (Å²) in [5.41, 5.74) is 4.80. The van der Waals surface area contributed by atoms with Gasteiger partial charge in [0.25, 0.3) is 0 Å². The van der Waals surface area contributed by atoms with Crippen LogP contribution in [0.5, 0.6) is 0 Å². The van der Waals surface area contributed by atoms with E-state index < -0.39 is 17.3 Å². The summed E-state index contributed by atoms with van der Waals surface area (Å²) in [7, 11) is 0. The summed E-state index contributed by atoms with van der Waals surface area (Å²) in [5, 5.41) is -0.662. The van der Waals surface area contributed by atoms with Gasteiger partial charge < -0.3 is 5.73 Å². The van der Waals surface area contributed by atoms with Gasteiger partial charge >= 0.3 is 6.18 Å². The Labute approximate surface area is 69.8 Å². The van der Waals surface area contributed by atoms with Crippen molar-refractivity contribution in [2.24, 2.45) is 5.73 Å². The summed E-state index contributed by atoms with van der Waals surface area (Å²) in [6.45, 7) is 0. The molecular weight excluding hydrogens is 194 g/mol. The van der Waals surface area contributed by atoms with Gasteiger partial charge in [-0.25, -0.2) is 0 Å². The van der Waals surface area contributed by atoms with Crippen LogP contribution in [0.4, 0.5) is 17.6 Å². The fourth-order valence-electron chi connectivity index (χ4n) is 0.657. The first-order chi connectivity index (χ1) is 5.41. The van der Waals surface area contributed by atoms with Gasteiger partial charge in [0.2, 0.25) is 0 Å². The molecule has 0 aliphatic rings. The van der Waals surface area contributed by atoms with Crippen LogP contribution in [0, 0.1) is 5.13 Å². The normalized spacial score (nSPS) is 14.8. The van der Waals surface area contributed by atoms with Gasteiger partial charge in [-0.05, 0) is 12.1 Å². The molecule has 0 spiro atoms. The zero-order valence-electron chi connectivity index (χ0n) is 5.73. The molecule has 0 aliphatic heterocycles. The van der Waals surface area contributed by atoms with Gasteiger partial charge in [0.05, 0.1) is 0 Å². The van der Waals surface area contributed by atoms with Crippen LogP contribution in [0.3, 0.4) is 0 Å². The van der Waals surface area contributed by atoms with Crippen LogP contribution in [0.15, 0.2) is 12.1 Å². The van der Waals surface area contributed by atoms with Crippen molar-refractivity contribution in [2.45, 2.75) is 12.2 Å². The molecule has 1 aromatic rings. The Kier molecular flexibility index (Phi) is 2.39. The summed E-state index contributed by atoms with van der Waals surface area (Å²) in [6, 6.07) is -0.0731. The maximum Gasteiger partial charge on any atom is 0.408 e. The molecule has 0 bridgehead atoms. The molecule has 0 radical (unpaired) electrons. The SMILES string of the molecule is NC(c1ccc(F)s1)C(F)(F)F. The van der Waals surface area contributed by atoms with E-state index in [4.69, 9.17) is 5.73 Å². The minimum atomic E-state index is -4.50. The van der Waals surface area contributed by atoms with Gasteiger partial charge in [-0.15, -0.1) is 11.3 Å². The molecule has 0 fully saturated rings. The van der Waals surface area contributed by atoms with Crippen LogP contribution in [0.1, 0.15) is 10.9 Å². The average molecular weight is 199 g/mol. The van der Waals surface area contributed by atoms with E-state index in [0.717, 1.165) is 12.1 Å². The van der Waals surface area contributed by atoms with Crippen molar-refractivity contribution >= 4 is 11.3 Å². The van der Waals surface area contributed by atoms with E-state index >= 15 is 0 Å². The van der Waals surface area contributed by atoms with Gasteiger partial charge in [0.1, 0.15) is 6.04 Å². The van der Waals surface area contributed by atoms with Crippen LogP contribution in [-0.4, -0.2) is 6.18 Å². The standard InChI is InChI=1S/C6H5F4NS/c7-4-2-1-3(12-4)5(11)6(8,9)10/h1-2,5H,11H2. The van der Waals surface area contributed by atoms with Gasteiger partial charge in [-0.3, -0.25) is 0 Å². The highest BCUT2D eigenvalue weighted by atomic mass is 32.1. The smallest absolute Gasteiger partial charge is 0.316 e. The summed E-state index contributed by atoms with van der Waals surface area (Å²) < 4.78 is 48.0. The molecule has 0 saturated carbocycles. The van der Waals surface area contributed by atoms with Crippen LogP contribution < -0.4 is 5.73 Å². The van der Waals surface area contributed by atoms with Crippen molar-refractivity contribution in [1.29, 1.82) is 0 Å². The first-order valence-corrected chi connectivity index (χ1v) is 3.80. The van der Waals surface area contributed by atoms with Crippen LogP contribution in [0.2, 0.25) is 0 Å². The number of rotatable bonds is 1. The highest BCUT2D eigenvalue weighted by molar-refractivity contribution is 7.10. The van der Waals surface area contributed by atoms with Crippen molar-refractivity contribution in [1.82, 2.24) is 0 Å². The third-order valence-corrected chi connectivity index (χ3v) is 2.21. The number of thiophene rings is 1. The Morgan fingerprint density at radius 2 is 1.92 bits per heavy atom. The van der Waals surface area contributed by atoms with Crippen LogP contribution >= 0.6 is 11.3 Å². The minimum Gasteiger partial charge on any atom is -0.316 e. The molecule has 1 nitrogen and oxygen atoms in total. The first-order valence-electron chi connectivity index (χ1n) is 2.99. The predicted octanol–water partition coefficient (Wildman–Crippen LogP) is 2.45. The fourth-order valence-corrected chi connectivity index (χ4v) is 1.41. The lowest BCUT2D eigenvalue weighted by molar-refractivity contribution is -0.148. The van der Waals surface area contributed by atoms with E-state index in [9.17, 15) is 17.6 Å². The zero-order chi connectivity index (χ0) is 9.35. The molecule has 1 atom stereocenters. The Morgan fingerprint density at radius 3 is 2.25 bits per heavy atom. The van der Waals surface area contributed by atoms with Gasteiger partial charge in [0, 0.05) is 4.88 Å². The topological polar surface area (TPSA) is 26.0 Å². The van der Waals surface area contributed by atoms with E-state index in [1.165, 1.54) is 0 Å². The van der Waals surface area contributed by atoms with E-state index in [2.05, 4.69) is 0 Å². The molecular formula is C6H5F4NS. The van der Waals surface area contributed by atoms with Crippen LogP contribution in [-0.2, 0) is 0 Å². The quantitative estimate of drug-likeness (QED) is 0.691. The lowest BCUT2D eigenvalue weighted by Gasteiger charge is -2.12. The highest BCUT2D eigenvalue weighted by Gasteiger charge is 2.38. The van der Waals surface area contributed by atoms with Crippen LogP contribution in [0.25, 0.3) is 0 Å². The Balaban J connectivity index is 2.85. The van der Waals surface area contributed by atoms with Gasteiger partial charge in [0.15, 0.2) is 5.13 Å². The van der Waals surface area contributed by atoms with E-state index in [1.807, 2.05) is 0 Å². The molecule has 0 aliphatic carbocycles. The number of halogens is 4.